The molecule has 0 unspecified atom stereocenters. The van der Waals surface area contributed by atoms with Crippen molar-refractivity contribution in [2.24, 2.45) is 14.1 Å². The third-order valence-electron chi connectivity index (χ3n) is 4.05. The molecule has 22 heavy (non-hydrogen) atoms. The van der Waals surface area contributed by atoms with Crippen molar-refractivity contribution in [1.82, 2.24) is 29.4 Å². The summed E-state index contributed by atoms with van der Waals surface area (Å²) in [4.78, 5) is 27.6. The minimum Gasteiger partial charge on any atom is -0.337 e. The molecule has 1 aliphatic heterocycles. The topological polar surface area (TPSA) is 92.1 Å². The molecule has 2 aromatic rings. The van der Waals surface area contributed by atoms with Crippen LogP contribution < -0.4 is 10.5 Å². The molecule has 0 atom stereocenters. The molecular weight excluding hydrogens is 286 g/mol. The van der Waals surface area contributed by atoms with E-state index in [2.05, 4.69) is 20.2 Å². The van der Waals surface area contributed by atoms with Gasteiger partial charge in [-0.2, -0.15) is 0 Å². The lowest BCUT2D eigenvalue weighted by atomic mass is 10.3. The fourth-order valence-corrected chi connectivity index (χ4v) is 2.63. The first kappa shape index (κ1) is 14.4. The predicted octanol–water partition coefficient (Wildman–Crippen LogP) is -0.887. The van der Waals surface area contributed by atoms with Crippen molar-refractivity contribution in [1.29, 1.82) is 0 Å². The highest BCUT2D eigenvalue weighted by molar-refractivity contribution is 5.92. The molecular formula is C13H19N7O2. The Morgan fingerprint density at radius 1 is 1.18 bits per heavy atom. The number of carbonyl (C=O) groups is 1. The highest BCUT2D eigenvalue weighted by Gasteiger charge is 2.26. The number of aromatic amines is 1. The van der Waals surface area contributed by atoms with Crippen LogP contribution >= 0.6 is 0 Å². The van der Waals surface area contributed by atoms with Gasteiger partial charge in [0.15, 0.2) is 0 Å². The molecule has 9 nitrogen and oxygen atoms in total. The molecule has 0 aliphatic carbocycles. The molecule has 0 saturated carbocycles. The maximum atomic E-state index is 12.4. The van der Waals surface area contributed by atoms with Gasteiger partial charge in [-0.05, 0) is 6.92 Å². The van der Waals surface area contributed by atoms with Gasteiger partial charge >= 0.3 is 0 Å². The van der Waals surface area contributed by atoms with E-state index in [-0.39, 0.29) is 11.5 Å². The Balaban J connectivity index is 1.69. The summed E-state index contributed by atoms with van der Waals surface area (Å²) in [5, 5.41) is 10.8. The minimum absolute atomic E-state index is 0.130. The summed E-state index contributed by atoms with van der Waals surface area (Å²) in [5.74, 6) is 1.55. The van der Waals surface area contributed by atoms with Crippen molar-refractivity contribution in [3.63, 3.8) is 0 Å². The number of nitrogens with one attached hydrogen (secondary N) is 1. The molecule has 1 fully saturated rings. The molecule has 0 radical (unpaired) electrons. The number of amides is 1. The summed E-state index contributed by atoms with van der Waals surface area (Å²) < 4.78 is 3.40. The van der Waals surface area contributed by atoms with Crippen molar-refractivity contribution in [2.45, 2.75) is 6.92 Å². The Hall–Kier alpha value is -2.58. The first-order valence-corrected chi connectivity index (χ1v) is 7.13. The second-order valence-corrected chi connectivity index (χ2v) is 5.45. The summed E-state index contributed by atoms with van der Waals surface area (Å²) in [6, 6.07) is 1.33. The van der Waals surface area contributed by atoms with Gasteiger partial charge in [0.2, 0.25) is 5.95 Å². The molecule has 3 heterocycles. The van der Waals surface area contributed by atoms with Gasteiger partial charge in [-0.3, -0.25) is 19.4 Å². The first-order chi connectivity index (χ1) is 10.5. The van der Waals surface area contributed by atoms with Crippen LogP contribution in [-0.4, -0.2) is 61.5 Å². The van der Waals surface area contributed by atoms with Gasteiger partial charge in [-0.15, -0.1) is 10.2 Å². The van der Waals surface area contributed by atoms with Crippen LogP contribution in [0.4, 0.5) is 5.95 Å². The standard InChI is InChI=1S/C13H19N7O2/c1-9-14-15-13(17(9)2)20-6-4-19(5-7-20)12(22)10-8-11(21)16-18(10)3/h8H,4-7H2,1-3H3,(H,16,21). The molecule has 0 spiro atoms. The van der Waals surface area contributed by atoms with Gasteiger partial charge in [-0.25, -0.2) is 0 Å². The smallest absolute Gasteiger partial charge is 0.272 e. The number of rotatable bonds is 2. The highest BCUT2D eigenvalue weighted by Crippen LogP contribution is 2.15. The zero-order chi connectivity index (χ0) is 15.9. The first-order valence-electron chi connectivity index (χ1n) is 7.13. The molecule has 9 heteroatoms. The van der Waals surface area contributed by atoms with Crippen LogP contribution in [-0.2, 0) is 14.1 Å². The Labute approximate surface area is 127 Å². The van der Waals surface area contributed by atoms with E-state index in [1.807, 2.05) is 18.5 Å². The SMILES string of the molecule is Cc1nnc(N2CCN(C(=O)c3cc(=O)[nH]n3C)CC2)n1C. The average Bonchev–Trinajstić information content (AvgIpc) is 3.01. The van der Waals surface area contributed by atoms with Crippen LogP contribution in [0.25, 0.3) is 0 Å². The van der Waals surface area contributed by atoms with Crippen LogP contribution in [0.2, 0.25) is 0 Å². The maximum Gasteiger partial charge on any atom is 0.272 e. The number of nitrogens with zero attached hydrogens (tertiary/aromatic N) is 6. The number of H-pyrrole nitrogens is 1. The second-order valence-electron chi connectivity index (χ2n) is 5.45. The predicted molar refractivity (Wildman–Crippen MR) is 79.9 cm³/mol. The fraction of sp³-hybridized carbons (Fsp3) is 0.538. The lowest BCUT2D eigenvalue weighted by molar-refractivity contribution is 0.0735. The Morgan fingerprint density at radius 2 is 1.86 bits per heavy atom. The normalized spacial score (nSPS) is 15.4. The van der Waals surface area contributed by atoms with Crippen LogP contribution in [0, 0.1) is 6.92 Å². The Morgan fingerprint density at radius 3 is 2.36 bits per heavy atom. The van der Waals surface area contributed by atoms with Crippen molar-refractivity contribution >= 4 is 11.9 Å². The van der Waals surface area contributed by atoms with Gasteiger partial charge in [0.1, 0.15) is 11.5 Å². The van der Waals surface area contributed by atoms with Crippen molar-refractivity contribution < 1.29 is 4.79 Å². The second kappa shape index (κ2) is 5.32. The zero-order valence-electron chi connectivity index (χ0n) is 12.9. The van der Waals surface area contributed by atoms with Gasteiger partial charge in [0.05, 0.1) is 0 Å². The number of hydrogen-bond acceptors (Lipinski definition) is 5. The fourth-order valence-electron chi connectivity index (χ4n) is 2.63. The molecule has 1 aliphatic rings. The molecule has 1 amide bonds. The van der Waals surface area contributed by atoms with E-state index in [0.29, 0.717) is 31.9 Å². The van der Waals surface area contributed by atoms with Crippen LogP contribution in [0.3, 0.4) is 0 Å². The van der Waals surface area contributed by atoms with Gasteiger partial charge in [0, 0.05) is 46.3 Å². The Kier molecular flexibility index (Phi) is 3.47. The quantitative estimate of drug-likeness (QED) is 0.777. The molecule has 3 rings (SSSR count). The number of carbonyl (C=O) groups excluding carboxylic acids is 1. The van der Waals surface area contributed by atoms with E-state index in [0.717, 1.165) is 11.8 Å². The largest absolute Gasteiger partial charge is 0.337 e. The van der Waals surface area contributed by atoms with Crippen LogP contribution in [0.5, 0.6) is 0 Å². The van der Waals surface area contributed by atoms with Gasteiger partial charge in [0.25, 0.3) is 11.5 Å². The summed E-state index contributed by atoms with van der Waals surface area (Å²) >= 11 is 0. The highest BCUT2D eigenvalue weighted by atomic mass is 16.2. The van der Waals surface area contributed by atoms with E-state index in [1.54, 1.807) is 11.9 Å². The molecule has 0 bridgehead atoms. The van der Waals surface area contributed by atoms with E-state index >= 15 is 0 Å². The summed E-state index contributed by atoms with van der Waals surface area (Å²) in [6.07, 6.45) is 0. The molecule has 2 aromatic heterocycles. The van der Waals surface area contributed by atoms with E-state index < -0.39 is 0 Å². The average molecular weight is 305 g/mol. The third kappa shape index (κ3) is 2.38. The summed E-state index contributed by atoms with van der Waals surface area (Å²) in [5.41, 5.74) is 0.118. The van der Waals surface area contributed by atoms with Crippen LogP contribution in [0.15, 0.2) is 10.9 Å². The lowest BCUT2D eigenvalue weighted by Crippen LogP contribution is -2.49. The number of aromatic nitrogens is 5. The third-order valence-corrected chi connectivity index (χ3v) is 4.05. The van der Waals surface area contributed by atoms with Gasteiger partial charge in [-0.1, -0.05) is 0 Å². The summed E-state index contributed by atoms with van der Waals surface area (Å²) in [6.45, 7) is 4.46. The molecule has 118 valence electrons. The maximum absolute atomic E-state index is 12.4. The van der Waals surface area contributed by atoms with E-state index in [9.17, 15) is 9.59 Å². The van der Waals surface area contributed by atoms with Crippen molar-refractivity contribution in [3.05, 3.63) is 27.9 Å². The molecule has 1 N–H and O–H groups in total. The minimum atomic E-state index is -0.265. The monoisotopic (exact) mass is 305 g/mol. The van der Waals surface area contributed by atoms with Crippen molar-refractivity contribution in [2.75, 3.05) is 31.1 Å². The molecule has 1 saturated heterocycles. The molecule has 0 aromatic carbocycles. The van der Waals surface area contributed by atoms with Crippen LogP contribution in [0.1, 0.15) is 16.3 Å². The van der Waals surface area contributed by atoms with Gasteiger partial charge < -0.3 is 14.4 Å². The number of anilines is 1. The number of hydrogen-bond donors (Lipinski definition) is 1. The summed E-state index contributed by atoms with van der Waals surface area (Å²) in [7, 11) is 3.59. The van der Waals surface area contributed by atoms with Crippen molar-refractivity contribution in [3.8, 4) is 0 Å². The Bertz CT molecular complexity index is 749. The zero-order valence-corrected chi connectivity index (χ0v) is 12.9. The number of piperazine rings is 1. The van der Waals surface area contributed by atoms with E-state index in [1.165, 1.54) is 10.7 Å². The number of aryl methyl sites for hydroxylation is 2. The van der Waals surface area contributed by atoms with E-state index in [4.69, 9.17) is 0 Å². The lowest BCUT2D eigenvalue weighted by Gasteiger charge is -2.34.